The first-order chi connectivity index (χ1) is 24.7. The van der Waals surface area contributed by atoms with Gasteiger partial charge in [-0.1, -0.05) is 12.2 Å². The topological polar surface area (TPSA) is 229 Å². The minimum Gasteiger partial charge on any atom is -0.463 e. The van der Waals surface area contributed by atoms with Gasteiger partial charge in [-0.3, -0.25) is 18.7 Å². The molecule has 22 heteroatoms. The lowest BCUT2D eigenvalue weighted by Crippen LogP contribution is -2.39. The number of carbonyl (C=O) groups is 3. The number of rotatable bonds is 10. The SMILES string of the molecule is CC(=O)OC(C)(C)C(=O)OCC1C=CC(n2cc(F)c(-n3cncn3)nc2=O)O1.CC(=O)OCC1C=CC(n2cc(F)c(-n3cncn3)nc2=O)O1. The number of esters is 3. The number of hydrogen-bond acceptors (Lipinski definition) is 16. The third-order valence-corrected chi connectivity index (χ3v) is 6.93. The molecule has 0 fully saturated rings. The van der Waals surface area contributed by atoms with Gasteiger partial charge in [0.25, 0.3) is 0 Å². The fraction of sp³-hybridized carbons (Fsp3) is 0.367. The third kappa shape index (κ3) is 8.89. The van der Waals surface area contributed by atoms with E-state index in [0.717, 1.165) is 30.9 Å². The van der Waals surface area contributed by atoms with Gasteiger partial charge in [-0.15, -0.1) is 0 Å². The van der Waals surface area contributed by atoms with Crippen LogP contribution in [0.15, 0.2) is 71.6 Å². The first kappa shape index (κ1) is 37.0. The van der Waals surface area contributed by atoms with Crippen LogP contribution in [0.5, 0.6) is 0 Å². The van der Waals surface area contributed by atoms with Gasteiger partial charge in [0.15, 0.2) is 35.7 Å². The summed E-state index contributed by atoms with van der Waals surface area (Å²) in [5.41, 5.74) is -2.92. The molecular weight excluding hydrogens is 698 g/mol. The fourth-order valence-electron chi connectivity index (χ4n) is 4.61. The van der Waals surface area contributed by atoms with E-state index in [1.54, 1.807) is 18.2 Å². The quantitative estimate of drug-likeness (QED) is 0.121. The predicted molar refractivity (Wildman–Crippen MR) is 166 cm³/mol. The van der Waals surface area contributed by atoms with Crippen molar-refractivity contribution < 1.29 is 46.8 Å². The molecule has 6 heterocycles. The summed E-state index contributed by atoms with van der Waals surface area (Å²) in [7, 11) is 0. The molecule has 0 spiro atoms. The van der Waals surface area contributed by atoms with E-state index in [-0.39, 0.29) is 24.8 Å². The monoisotopic (exact) mass is 728 g/mol. The normalized spacial score (nSPS) is 19.2. The van der Waals surface area contributed by atoms with Gasteiger partial charge in [-0.2, -0.15) is 29.5 Å². The van der Waals surface area contributed by atoms with Crippen LogP contribution in [0.4, 0.5) is 8.78 Å². The molecule has 0 radical (unpaired) electrons. The van der Waals surface area contributed by atoms with Crippen molar-refractivity contribution in [1.29, 1.82) is 0 Å². The molecule has 4 unspecified atom stereocenters. The average Bonchev–Trinajstić information content (AvgIpc) is 3.92. The van der Waals surface area contributed by atoms with Crippen molar-refractivity contribution in [2.45, 2.75) is 58.0 Å². The largest absolute Gasteiger partial charge is 0.463 e. The van der Waals surface area contributed by atoms with Crippen LogP contribution in [0.25, 0.3) is 11.6 Å². The van der Waals surface area contributed by atoms with Crippen LogP contribution in [-0.4, -0.2) is 97.6 Å². The summed E-state index contributed by atoms with van der Waals surface area (Å²) in [6.07, 6.45) is 10.1. The molecule has 2 aliphatic heterocycles. The smallest absolute Gasteiger partial charge is 0.352 e. The molecule has 0 saturated heterocycles. The first-order valence-electron chi connectivity index (χ1n) is 15.2. The summed E-state index contributed by atoms with van der Waals surface area (Å²) in [5, 5.41) is 7.47. The van der Waals surface area contributed by atoms with Gasteiger partial charge < -0.3 is 23.7 Å². The molecule has 4 atom stereocenters. The molecule has 4 aromatic heterocycles. The summed E-state index contributed by atoms with van der Waals surface area (Å²) in [6.45, 7) is 5.09. The van der Waals surface area contributed by atoms with Crippen molar-refractivity contribution in [3.05, 3.63) is 94.6 Å². The second kappa shape index (κ2) is 15.7. The van der Waals surface area contributed by atoms with Crippen molar-refractivity contribution in [1.82, 2.24) is 48.6 Å². The van der Waals surface area contributed by atoms with Crippen LogP contribution in [0.1, 0.15) is 40.2 Å². The van der Waals surface area contributed by atoms with Gasteiger partial charge in [0, 0.05) is 13.8 Å². The number of nitrogens with zero attached hydrogens (tertiary/aromatic N) is 10. The summed E-state index contributed by atoms with van der Waals surface area (Å²) in [4.78, 5) is 72.9. The van der Waals surface area contributed by atoms with E-state index in [1.807, 2.05) is 0 Å². The molecule has 4 aromatic rings. The van der Waals surface area contributed by atoms with Crippen molar-refractivity contribution >= 4 is 17.9 Å². The summed E-state index contributed by atoms with van der Waals surface area (Å²) < 4.78 is 58.4. The van der Waals surface area contributed by atoms with E-state index in [2.05, 4.69) is 30.1 Å². The minimum atomic E-state index is -1.45. The molecule has 0 aliphatic carbocycles. The van der Waals surface area contributed by atoms with Crippen LogP contribution < -0.4 is 11.4 Å². The number of aromatic nitrogens is 10. The zero-order chi connectivity index (χ0) is 37.6. The summed E-state index contributed by atoms with van der Waals surface area (Å²) >= 11 is 0. The Morgan fingerprint density at radius 2 is 1.21 bits per heavy atom. The number of ether oxygens (including phenoxy) is 5. The molecule has 2 aliphatic rings. The molecule has 0 saturated carbocycles. The van der Waals surface area contributed by atoms with Gasteiger partial charge in [-0.05, 0) is 26.0 Å². The molecule has 0 aromatic carbocycles. The van der Waals surface area contributed by atoms with Gasteiger partial charge in [0.2, 0.25) is 5.60 Å². The van der Waals surface area contributed by atoms with Gasteiger partial charge in [-0.25, -0.2) is 33.1 Å². The van der Waals surface area contributed by atoms with Crippen molar-refractivity contribution in [2.24, 2.45) is 0 Å². The van der Waals surface area contributed by atoms with Crippen molar-refractivity contribution in [3.63, 3.8) is 0 Å². The Kier molecular flexibility index (Phi) is 11.2. The highest BCUT2D eigenvalue weighted by molar-refractivity contribution is 5.82. The number of hydrogen-bond donors (Lipinski definition) is 0. The van der Waals surface area contributed by atoms with E-state index in [9.17, 15) is 32.8 Å². The maximum atomic E-state index is 14.3. The van der Waals surface area contributed by atoms with Crippen LogP contribution in [0.3, 0.4) is 0 Å². The lowest BCUT2D eigenvalue weighted by Gasteiger charge is -2.23. The van der Waals surface area contributed by atoms with Crippen LogP contribution >= 0.6 is 0 Å². The zero-order valence-corrected chi connectivity index (χ0v) is 27.8. The van der Waals surface area contributed by atoms with E-state index in [1.165, 1.54) is 59.1 Å². The standard InChI is InChI=1S/C17H18FN5O6.C13H12FN5O4/c1-10(24)29-17(2,3)15(25)27-7-11-4-5-13(28-11)22-6-12(18)14(21-16(22)26)23-9-19-8-20-23;1-8(20)22-5-9-2-3-11(23-9)18-4-10(14)12(17-13(18)21)19-7-15-6-16-19/h4-6,8-9,11,13H,7H2,1-3H3;2-4,6-7,9,11H,5H2,1H3. The highest BCUT2D eigenvalue weighted by Crippen LogP contribution is 2.23. The van der Waals surface area contributed by atoms with Gasteiger partial charge in [0.1, 0.15) is 50.7 Å². The molecule has 0 amide bonds. The number of carbonyl (C=O) groups excluding carboxylic acids is 3. The highest BCUT2D eigenvalue weighted by Gasteiger charge is 2.34. The molecule has 6 rings (SSSR count). The molecule has 274 valence electrons. The maximum Gasteiger partial charge on any atom is 0.352 e. The first-order valence-corrected chi connectivity index (χ1v) is 15.2. The number of halogens is 2. The Labute approximate surface area is 290 Å². The Hall–Kier alpha value is -6.29. The van der Waals surface area contributed by atoms with E-state index < -0.39 is 71.2 Å². The highest BCUT2D eigenvalue weighted by atomic mass is 19.1. The van der Waals surface area contributed by atoms with Crippen molar-refractivity contribution in [2.75, 3.05) is 13.2 Å². The minimum absolute atomic E-state index is 0.0179. The molecular formula is C30H30F2N10O10. The Balaban J connectivity index is 0.000000206. The second-order valence-corrected chi connectivity index (χ2v) is 11.3. The van der Waals surface area contributed by atoms with Crippen LogP contribution in [0.2, 0.25) is 0 Å². The third-order valence-electron chi connectivity index (χ3n) is 6.93. The van der Waals surface area contributed by atoms with E-state index in [0.29, 0.717) is 0 Å². The fourth-order valence-corrected chi connectivity index (χ4v) is 4.61. The Morgan fingerprint density at radius 1 is 0.750 bits per heavy atom. The van der Waals surface area contributed by atoms with E-state index in [4.69, 9.17) is 23.7 Å². The second-order valence-electron chi connectivity index (χ2n) is 11.3. The Bertz CT molecular complexity index is 2100. The Morgan fingerprint density at radius 3 is 1.62 bits per heavy atom. The molecule has 20 nitrogen and oxygen atoms in total. The van der Waals surface area contributed by atoms with Gasteiger partial charge >= 0.3 is 29.3 Å². The zero-order valence-electron chi connectivity index (χ0n) is 27.8. The van der Waals surface area contributed by atoms with E-state index >= 15 is 0 Å². The van der Waals surface area contributed by atoms with Crippen LogP contribution in [-0.2, 0) is 38.1 Å². The summed E-state index contributed by atoms with van der Waals surface area (Å²) in [6, 6.07) is 0. The average molecular weight is 729 g/mol. The molecule has 0 N–H and O–H groups in total. The van der Waals surface area contributed by atoms with Gasteiger partial charge in [0.05, 0.1) is 12.4 Å². The summed E-state index contributed by atoms with van der Waals surface area (Å²) in [5.74, 6) is -3.90. The lowest BCUT2D eigenvalue weighted by atomic mass is 10.1. The van der Waals surface area contributed by atoms with Crippen molar-refractivity contribution in [3.8, 4) is 11.6 Å². The van der Waals surface area contributed by atoms with Crippen LogP contribution in [0, 0.1) is 11.6 Å². The predicted octanol–water partition coefficient (Wildman–Crippen LogP) is 0.281. The lowest BCUT2D eigenvalue weighted by molar-refractivity contribution is -0.179. The molecule has 52 heavy (non-hydrogen) atoms. The molecule has 0 bridgehead atoms. The maximum absolute atomic E-state index is 14.3.